The number of pyridine rings is 2. The van der Waals surface area contributed by atoms with Crippen LogP contribution in [0.5, 0.6) is 6.01 Å². The molecular formula is C31H29F4N5O5. The molecule has 0 radical (unpaired) electrons. The van der Waals surface area contributed by atoms with Crippen molar-refractivity contribution in [2.45, 2.75) is 58.9 Å². The zero-order chi connectivity index (χ0) is 32.9. The quantitative estimate of drug-likeness (QED) is 0.204. The lowest BCUT2D eigenvalue weighted by Gasteiger charge is -2.29. The van der Waals surface area contributed by atoms with Gasteiger partial charge in [0.25, 0.3) is 0 Å². The number of alkyl halides is 3. The fourth-order valence-corrected chi connectivity index (χ4v) is 4.97. The number of aryl methyl sites for hydroxylation is 2. The zero-order valence-corrected chi connectivity index (χ0v) is 25.2. The van der Waals surface area contributed by atoms with Crippen molar-refractivity contribution in [1.29, 1.82) is 0 Å². The first kappa shape index (κ1) is 31.6. The molecule has 10 nitrogen and oxygen atoms in total. The summed E-state index contributed by atoms with van der Waals surface area (Å²) in [6, 6.07) is 7.98. The van der Waals surface area contributed by atoms with Gasteiger partial charge in [-0.1, -0.05) is 11.2 Å². The number of carbonyl (C=O) groups is 1. The summed E-state index contributed by atoms with van der Waals surface area (Å²) in [5.74, 6) is -0.368. The molecule has 0 bridgehead atoms. The van der Waals surface area contributed by atoms with Crippen molar-refractivity contribution in [2.24, 2.45) is 0 Å². The first-order valence-corrected chi connectivity index (χ1v) is 13.8. The largest absolute Gasteiger partial charge is 0.465 e. The van der Waals surface area contributed by atoms with Crippen LogP contribution in [0.25, 0.3) is 22.2 Å². The van der Waals surface area contributed by atoms with E-state index in [9.17, 15) is 27.5 Å². The fraction of sp³-hybridized carbons (Fsp3) is 0.323. The summed E-state index contributed by atoms with van der Waals surface area (Å²) in [5.41, 5.74) is -4.35. The summed E-state index contributed by atoms with van der Waals surface area (Å²) in [6.07, 6.45) is -4.91. The van der Waals surface area contributed by atoms with Gasteiger partial charge in [-0.3, -0.25) is 4.98 Å². The van der Waals surface area contributed by atoms with Gasteiger partial charge in [0.15, 0.2) is 5.60 Å². The predicted molar refractivity (Wildman–Crippen MR) is 153 cm³/mol. The highest BCUT2D eigenvalue weighted by molar-refractivity contribution is 5.94. The maximum Gasteiger partial charge on any atom is 0.433 e. The van der Waals surface area contributed by atoms with Crippen molar-refractivity contribution in [1.82, 2.24) is 24.7 Å². The average molecular weight is 628 g/mol. The Morgan fingerprint density at radius 3 is 2.31 bits per heavy atom. The summed E-state index contributed by atoms with van der Waals surface area (Å²) in [7, 11) is 0. The van der Waals surface area contributed by atoms with E-state index >= 15 is 0 Å². The van der Waals surface area contributed by atoms with E-state index < -0.39 is 40.7 Å². The van der Waals surface area contributed by atoms with E-state index in [2.05, 4.69) is 20.1 Å². The maximum absolute atomic E-state index is 14.0. The molecule has 5 aromatic rings. The average Bonchev–Trinajstić information content (AvgIpc) is 3.49. The van der Waals surface area contributed by atoms with E-state index in [-0.39, 0.29) is 34.9 Å². The molecule has 0 aliphatic carbocycles. The summed E-state index contributed by atoms with van der Waals surface area (Å²) in [5, 5.41) is 16.7. The number of ether oxygens (including phenoxy) is 2. The third-order valence-electron chi connectivity index (χ3n) is 6.80. The Morgan fingerprint density at radius 1 is 1.02 bits per heavy atom. The van der Waals surface area contributed by atoms with Gasteiger partial charge in [0.1, 0.15) is 28.4 Å². The van der Waals surface area contributed by atoms with Gasteiger partial charge in [0.2, 0.25) is 0 Å². The third-order valence-corrected chi connectivity index (χ3v) is 6.80. The molecule has 0 aliphatic heterocycles. The Kier molecular flexibility index (Phi) is 7.90. The minimum atomic E-state index is -4.86. The molecule has 0 saturated carbocycles. The molecule has 1 N–H and O–H groups in total. The highest BCUT2D eigenvalue weighted by Crippen LogP contribution is 2.43. The Labute approximate surface area is 254 Å². The molecule has 0 saturated heterocycles. The van der Waals surface area contributed by atoms with E-state index in [4.69, 9.17) is 14.0 Å². The number of benzene rings is 1. The van der Waals surface area contributed by atoms with Crippen molar-refractivity contribution in [2.75, 3.05) is 6.61 Å². The molecule has 0 amide bonds. The van der Waals surface area contributed by atoms with E-state index in [0.717, 1.165) is 35.0 Å². The van der Waals surface area contributed by atoms with Gasteiger partial charge >= 0.3 is 18.3 Å². The normalized spacial score (nSPS) is 13.6. The van der Waals surface area contributed by atoms with Gasteiger partial charge in [0.05, 0.1) is 35.4 Å². The maximum atomic E-state index is 14.0. The Bertz CT molecular complexity index is 1870. The number of imidazole rings is 1. The van der Waals surface area contributed by atoms with Gasteiger partial charge in [-0.05, 0) is 83.5 Å². The monoisotopic (exact) mass is 627 g/mol. The van der Waals surface area contributed by atoms with Crippen molar-refractivity contribution < 1.29 is 41.5 Å². The number of hydrogen-bond acceptors (Lipinski definition) is 9. The first-order valence-electron chi connectivity index (χ1n) is 13.8. The Balaban J connectivity index is 1.95. The second-order valence-corrected chi connectivity index (χ2v) is 11.2. The van der Waals surface area contributed by atoms with Gasteiger partial charge < -0.3 is 19.1 Å². The van der Waals surface area contributed by atoms with Gasteiger partial charge in [0, 0.05) is 11.1 Å². The second-order valence-electron chi connectivity index (χ2n) is 11.2. The van der Waals surface area contributed by atoms with Gasteiger partial charge in [-0.25, -0.2) is 14.2 Å². The lowest BCUT2D eigenvalue weighted by Crippen LogP contribution is -2.32. The smallest absolute Gasteiger partial charge is 0.433 e. The molecular weight excluding hydrogens is 598 g/mol. The number of hydrogen-bond donors (Lipinski definition) is 1. The lowest BCUT2D eigenvalue weighted by atomic mass is 9.83. The van der Waals surface area contributed by atoms with E-state index in [1.165, 1.54) is 12.1 Å². The summed E-state index contributed by atoms with van der Waals surface area (Å²) < 4.78 is 73.4. The molecule has 5 rings (SSSR count). The molecule has 0 spiro atoms. The van der Waals surface area contributed by atoms with E-state index in [1.807, 2.05) is 0 Å². The van der Waals surface area contributed by atoms with Crippen LogP contribution < -0.4 is 4.74 Å². The highest BCUT2D eigenvalue weighted by atomic mass is 19.4. The van der Waals surface area contributed by atoms with Crippen LogP contribution in [0.3, 0.4) is 0 Å². The molecule has 0 fully saturated rings. The lowest BCUT2D eigenvalue weighted by molar-refractivity contribution is -0.141. The predicted octanol–water partition coefficient (Wildman–Crippen LogP) is 6.72. The summed E-state index contributed by atoms with van der Waals surface area (Å²) >= 11 is 0. The first-order chi connectivity index (χ1) is 21.0. The van der Waals surface area contributed by atoms with Crippen LogP contribution in [0, 0.1) is 19.7 Å². The van der Waals surface area contributed by atoms with Crippen LogP contribution in [-0.2, 0) is 16.5 Å². The van der Waals surface area contributed by atoms with Crippen LogP contribution in [0.15, 0.2) is 53.2 Å². The molecule has 14 heteroatoms. The zero-order valence-electron chi connectivity index (χ0n) is 25.2. The number of carbonyl (C=O) groups excluding carboxylic acids is 1. The second kappa shape index (κ2) is 11.3. The number of aliphatic hydroxyl groups is 1. The van der Waals surface area contributed by atoms with Crippen molar-refractivity contribution in [3.63, 3.8) is 0 Å². The number of aromatic nitrogens is 5. The summed E-state index contributed by atoms with van der Waals surface area (Å²) in [6.45, 7) is 10.1. The topological polar surface area (TPSA) is 125 Å². The fourth-order valence-electron chi connectivity index (χ4n) is 4.97. The number of nitrogens with zero attached hydrogens (tertiary/aromatic N) is 5. The van der Waals surface area contributed by atoms with Crippen LogP contribution in [-0.4, -0.2) is 48.1 Å². The van der Waals surface area contributed by atoms with Gasteiger partial charge in [-0.15, -0.1) is 0 Å². The summed E-state index contributed by atoms with van der Waals surface area (Å²) in [4.78, 5) is 25.9. The minimum absolute atomic E-state index is 0.0485. The third kappa shape index (κ3) is 5.84. The molecule has 1 atom stereocenters. The number of rotatable bonds is 6. The van der Waals surface area contributed by atoms with Crippen LogP contribution in [0.1, 0.15) is 61.8 Å². The Hall–Kier alpha value is -4.85. The van der Waals surface area contributed by atoms with E-state index in [1.54, 1.807) is 47.6 Å². The van der Waals surface area contributed by atoms with E-state index in [0.29, 0.717) is 22.6 Å². The number of fused-ring (bicyclic) bond motifs is 1. The van der Waals surface area contributed by atoms with Crippen molar-refractivity contribution in [3.05, 3.63) is 88.6 Å². The number of halogens is 4. The molecule has 0 aliphatic rings. The molecule has 45 heavy (non-hydrogen) atoms. The van der Waals surface area contributed by atoms with Crippen LogP contribution in [0.2, 0.25) is 0 Å². The molecule has 1 aromatic carbocycles. The Morgan fingerprint density at radius 2 is 1.73 bits per heavy atom. The van der Waals surface area contributed by atoms with Crippen LogP contribution in [0.4, 0.5) is 22.4 Å². The highest BCUT2D eigenvalue weighted by Gasteiger charge is 2.43. The molecule has 4 heterocycles. The van der Waals surface area contributed by atoms with Crippen molar-refractivity contribution in [3.8, 4) is 17.1 Å². The minimum Gasteiger partial charge on any atom is -0.465 e. The van der Waals surface area contributed by atoms with Crippen molar-refractivity contribution >= 4 is 17.1 Å². The van der Waals surface area contributed by atoms with Crippen LogP contribution >= 0.6 is 0 Å². The molecule has 236 valence electrons. The molecule has 1 unspecified atom stereocenters. The molecule has 4 aromatic heterocycles. The van der Waals surface area contributed by atoms with Gasteiger partial charge in [-0.2, -0.15) is 22.7 Å². The SMILES string of the molecule is CCOc1nc2c(C(O)(c3ccc(F)cn3)c3cccc(C(F)(F)F)n3)cc(-c3c(C)noc3C)cc2n1C(=O)OC(C)(C)C. The standard InChI is InChI=1S/C31H29F4N5O5/c1-7-43-27-38-26-20(30(42,22-12-11-19(32)15-36-22)23-9-8-10-24(37-23)31(33,34)35)13-18(25-16(2)39-45-17(25)3)14-21(26)40(27)28(41)44-29(4,5)6/h8-15,42H,7H2,1-6H3.